The minimum atomic E-state index is 0.139. The van der Waals surface area contributed by atoms with Gasteiger partial charge in [0.15, 0.2) is 0 Å². The quantitative estimate of drug-likeness (QED) is 0.460. The molecule has 0 fully saturated rings. The molecule has 1 amide bonds. The molecule has 1 aromatic rings. The fraction of sp³-hybridized carbons (Fsp3) is 0.588. The summed E-state index contributed by atoms with van der Waals surface area (Å²) in [4.78, 5) is 10.0. The summed E-state index contributed by atoms with van der Waals surface area (Å²) < 4.78 is 0. The van der Waals surface area contributed by atoms with E-state index in [1.165, 1.54) is 5.56 Å². The smallest absolute Gasteiger partial charge is 0.211 e. The Balaban J connectivity index is -0.000000285. The van der Waals surface area contributed by atoms with Gasteiger partial charge in [0.05, 0.1) is 13.2 Å². The van der Waals surface area contributed by atoms with Crippen molar-refractivity contribution in [2.24, 2.45) is 0 Å². The zero-order valence-electron chi connectivity index (χ0n) is 14.7. The second-order valence-electron chi connectivity index (χ2n) is 3.51. The van der Waals surface area contributed by atoms with E-state index in [9.17, 15) is 4.79 Å². The number of rotatable bonds is 7. The lowest BCUT2D eigenvalue weighted by atomic mass is 10.1. The summed E-state index contributed by atoms with van der Waals surface area (Å²) in [5, 5.41) is 21.7. The third-order valence-electron chi connectivity index (χ3n) is 2.16. The lowest BCUT2D eigenvalue weighted by Crippen LogP contribution is -2.21. The summed E-state index contributed by atoms with van der Waals surface area (Å²) >= 11 is 0. The minimum absolute atomic E-state index is 0.139. The van der Waals surface area contributed by atoms with Gasteiger partial charge in [-0.2, -0.15) is 0 Å². The van der Waals surface area contributed by atoms with Crippen molar-refractivity contribution in [1.82, 2.24) is 5.32 Å². The zero-order valence-corrected chi connectivity index (χ0v) is 14.7. The third kappa shape index (κ3) is 18.6. The molecule has 0 atom stereocenters. The van der Waals surface area contributed by atoms with Gasteiger partial charge in [-0.05, 0) is 24.1 Å². The van der Waals surface area contributed by atoms with E-state index in [0.29, 0.717) is 19.5 Å². The van der Waals surface area contributed by atoms with Crippen LogP contribution in [0.3, 0.4) is 0 Å². The Morgan fingerprint density at radius 3 is 1.73 bits per heavy atom. The molecule has 0 aromatic heterocycles. The summed E-state index contributed by atoms with van der Waals surface area (Å²) in [5.74, 6) is 0. The third-order valence-corrected chi connectivity index (χ3v) is 2.16. The van der Waals surface area contributed by atoms with Gasteiger partial charge < -0.3 is 20.8 Å². The Morgan fingerprint density at radius 2 is 1.41 bits per heavy atom. The van der Waals surface area contributed by atoms with Gasteiger partial charge in [0.25, 0.3) is 0 Å². The highest BCUT2D eigenvalue weighted by molar-refractivity contribution is 5.70. The van der Waals surface area contributed by atoms with Crippen molar-refractivity contribution in [2.75, 3.05) is 31.6 Å². The van der Waals surface area contributed by atoms with Crippen LogP contribution in [0, 0.1) is 0 Å². The van der Waals surface area contributed by atoms with Crippen molar-refractivity contribution in [2.45, 2.75) is 41.0 Å². The van der Waals surface area contributed by atoms with E-state index < -0.39 is 0 Å². The van der Waals surface area contributed by atoms with Gasteiger partial charge in [-0.3, -0.25) is 4.79 Å². The first kappa shape index (κ1) is 25.5. The SMILES string of the molecule is CC.CC.CCc1ccc(NC=O)cc1.OCCNCCO. The zero-order chi connectivity index (χ0) is 17.6. The van der Waals surface area contributed by atoms with Gasteiger partial charge in [-0.15, -0.1) is 0 Å². The number of aryl methyl sites for hydroxylation is 1. The van der Waals surface area contributed by atoms with Crippen LogP contribution in [0.2, 0.25) is 0 Å². The monoisotopic (exact) mass is 314 g/mol. The van der Waals surface area contributed by atoms with Crippen molar-refractivity contribution < 1.29 is 15.0 Å². The van der Waals surface area contributed by atoms with Crippen LogP contribution in [0.25, 0.3) is 0 Å². The second-order valence-corrected chi connectivity index (χ2v) is 3.51. The molecular weight excluding hydrogens is 280 g/mol. The Kier molecular flexibility index (Phi) is 28.5. The fourth-order valence-electron chi connectivity index (χ4n) is 1.19. The summed E-state index contributed by atoms with van der Waals surface area (Å²) in [6.07, 6.45) is 1.71. The predicted molar refractivity (Wildman–Crippen MR) is 95.2 cm³/mol. The number of benzene rings is 1. The van der Waals surface area contributed by atoms with E-state index in [2.05, 4.69) is 17.6 Å². The molecular formula is C17H34N2O3. The molecule has 0 aliphatic rings. The topological polar surface area (TPSA) is 81.6 Å². The highest BCUT2D eigenvalue weighted by atomic mass is 16.3. The molecule has 1 aromatic carbocycles. The van der Waals surface area contributed by atoms with Crippen LogP contribution in [0.15, 0.2) is 24.3 Å². The first-order chi connectivity index (χ1) is 10.8. The number of nitrogens with one attached hydrogen (secondary N) is 2. The van der Waals surface area contributed by atoms with Crippen LogP contribution >= 0.6 is 0 Å². The summed E-state index contributed by atoms with van der Waals surface area (Å²) in [6, 6.07) is 7.80. The van der Waals surface area contributed by atoms with Crippen LogP contribution in [0.1, 0.15) is 40.2 Å². The van der Waals surface area contributed by atoms with Gasteiger partial charge in [-0.1, -0.05) is 46.8 Å². The number of anilines is 1. The van der Waals surface area contributed by atoms with E-state index in [1.54, 1.807) is 0 Å². The summed E-state index contributed by atoms with van der Waals surface area (Å²) in [5.41, 5.74) is 2.12. The van der Waals surface area contributed by atoms with Gasteiger partial charge in [-0.25, -0.2) is 0 Å². The lowest BCUT2D eigenvalue weighted by Gasteiger charge is -1.98. The van der Waals surface area contributed by atoms with Crippen LogP contribution < -0.4 is 10.6 Å². The van der Waals surface area contributed by atoms with Gasteiger partial charge in [0.1, 0.15) is 0 Å². The molecule has 0 bridgehead atoms. The van der Waals surface area contributed by atoms with Crippen LogP contribution in [0.5, 0.6) is 0 Å². The Labute approximate surface area is 135 Å². The van der Waals surface area contributed by atoms with Crippen molar-refractivity contribution >= 4 is 12.1 Å². The standard InChI is InChI=1S/C9H11NO.C4H11NO2.2C2H6/c1-2-8-3-5-9(6-4-8)10-7-11;6-3-1-5-2-4-7;2*1-2/h3-7H,2H2,1H3,(H,10,11);5-7H,1-4H2;2*1-2H3. The highest BCUT2D eigenvalue weighted by Crippen LogP contribution is 2.08. The molecule has 130 valence electrons. The lowest BCUT2D eigenvalue weighted by molar-refractivity contribution is -0.105. The van der Waals surface area contributed by atoms with Crippen LogP contribution in [0.4, 0.5) is 5.69 Å². The molecule has 0 aliphatic heterocycles. The van der Waals surface area contributed by atoms with Crippen LogP contribution in [-0.2, 0) is 11.2 Å². The molecule has 1 rings (SSSR count). The highest BCUT2D eigenvalue weighted by Gasteiger charge is 1.89. The first-order valence-corrected chi connectivity index (χ1v) is 8.00. The molecule has 0 unspecified atom stereocenters. The van der Waals surface area contributed by atoms with Gasteiger partial charge >= 0.3 is 0 Å². The number of hydrogen-bond donors (Lipinski definition) is 4. The number of aliphatic hydroxyl groups excluding tert-OH is 2. The Bertz CT molecular complexity index is 299. The fourth-order valence-corrected chi connectivity index (χ4v) is 1.19. The van der Waals surface area contributed by atoms with E-state index in [-0.39, 0.29) is 13.2 Å². The maximum Gasteiger partial charge on any atom is 0.211 e. The molecule has 0 spiro atoms. The predicted octanol–water partition coefficient (Wildman–Crippen LogP) is 2.43. The van der Waals surface area contributed by atoms with Crippen molar-refractivity contribution in [1.29, 1.82) is 0 Å². The molecule has 4 N–H and O–H groups in total. The number of amides is 1. The second kappa shape index (κ2) is 24.6. The molecule has 0 heterocycles. The first-order valence-electron chi connectivity index (χ1n) is 8.00. The van der Waals surface area contributed by atoms with Gasteiger partial charge in [0.2, 0.25) is 6.41 Å². The molecule has 22 heavy (non-hydrogen) atoms. The Morgan fingerprint density at radius 1 is 0.955 bits per heavy atom. The molecule has 0 radical (unpaired) electrons. The number of carbonyl (C=O) groups is 1. The van der Waals surface area contributed by atoms with Crippen molar-refractivity contribution in [3.05, 3.63) is 29.8 Å². The maximum atomic E-state index is 10.0. The molecule has 5 nitrogen and oxygen atoms in total. The van der Waals surface area contributed by atoms with E-state index in [1.807, 2.05) is 52.0 Å². The number of hydrogen-bond acceptors (Lipinski definition) is 4. The summed E-state index contributed by atoms with van der Waals surface area (Å²) in [6.45, 7) is 11.5. The van der Waals surface area contributed by atoms with Crippen molar-refractivity contribution in [3.8, 4) is 0 Å². The Hall–Kier alpha value is -1.43. The molecule has 0 saturated carbocycles. The maximum absolute atomic E-state index is 10.0. The molecule has 5 heteroatoms. The summed E-state index contributed by atoms with van der Waals surface area (Å²) in [7, 11) is 0. The van der Waals surface area contributed by atoms with Gasteiger partial charge in [0, 0.05) is 18.8 Å². The van der Waals surface area contributed by atoms with E-state index in [0.717, 1.165) is 12.1 Å². The van der Waals surface area contributed by atoms with Crippen molar-refractivity contribution in [3.63, 3.8) is 0 Å². The molecule has 0 aliphatic carbocycles. The van der Waals surface area contributed by atoms with E-state index >= 15 is 0 Å². The number of carbonyl (C=O) groups excluding carboxylic acids is 1. The van der Waals surface area contributed by atoms with Crippen LogP contribution in [-0.4, -0.2) is 42.9 Å². The number of aliphatic hydroxyl groups is 2. The largest absolute Gasteiger partial charge is 0.395 e. The van der Waals surface area contributed by atoms with E-state index in [4.69, 9.17) is 10.2 Å². The molecule has 0 saturated heterocycles. The average Bonchev–Trinajstić information content (AvgIpc) is 2.60. The minimum Gasteiger partial charge on any atom is -0.395 e. The normalized spacial score (nSPS) is 8.14. The average molecular weight is 314 g/mol.